The highest BCUT2D eigenvalue weighted by atomic mass is 14.6. The maximum atomic E-state index is 5.53. The Morgan fingerprint density at radius 1 is 0.410 bits per heavy atom. The molecule has 0 saturated heterocycles. The van der Waals surface area contributed by atoms with E-state index in [9.17, 15) is 0 Å². The third-order valence-electron chi connectivity index (χ3n) is 13.1. The van der Waals surface area contributed by atoms with Crippen molar-refractivity contribution in [1.82, 2.24) is 0 Å². The van der Waals surface area contributed by atoms with Gasteiger partial charge in [0.05, 0.1) is 11.1 Å². The van der Waals surface area contributed by atoms with E-state index in [1.807, 2.05) is 30.3 Å². The van der Waals surface area contributed by atoms with Crippen LogP contribution in [0.1, 0.15) is 63.9 Å². The first kappa shape index (κ1) is 37.8. The van der Waals surface area contributed by atoms with Crippen LogP contribution in [0.15, 0.2) is 219 Å². The first-order chi connectivity index (χ1) is 29.9. The van der Waals surface area contributed by atoms with Gasteiger partial charge in [-0.2, -0.15) is 0 Å². The van der Waals surface area contributed by atoms with Gasteiger partial charge in [0.1, 0.15) is 0 Å². The second-order valence-electron chi connectivity index (χ2n) is 16.8. The Hall–Kier alpha value is -7.42. The van der Waals surface area contributed by atoms with E-state index in [0.717, 1.165) is 12.0 Å². The first-order valence-corrected chi connectivity index (χ1v) is 21.2. The molecule has 0 unspecified atom stereocenters. The molecule has 9 aromatic carbocycles. The summed E-state index contributed by atoms with van der Waals surface area (Å²) in [6, 6.07) is 77.8. The van der Waals surface area contributed by atoms with Crippen LogP contribution in [0.3, 0.4) is 0 Å². The van der Waals surface area contributed by atoms with Gasteiger partial charge in [-0.25, -0.2) is 0 Å². The van der Waals surface area contributed by atoms with Crippen molar-refractivity contribution in [3.63, 3.8) is 0 Å². The maximum Gasteiger partial charge on any atom is 0.0719 e. The van der Waals surface area contributed by atoms with Crippen molar-refractivity contribution >= 4 is 16.5 Å². The minimum absolute atomic E-state index is 0.112. The molecule has 0 atom stereocenters. The van der Waals surface area contributed by atoms with Crippen LogP contribution in [0.5, 0.6) is 0 Å². The highest BCUT2D eigenvalue weighted by Crippen LogP contribution is 2.63. The van der Waals surface area contributed by atoms with Gasteiger partial charge in [-0.05, 0) is 101 Å². The average Bonchev–Trinajstić information content (AvgIpc) is 3.62. The Morgan fingerprint density at radius 2 is 0.885 bits per heavy atom. The fraction of sp³-hybridized carbons (Fsp3) is 0.0847. The Morgan fingerprint density at radius 3 is 1.52 bits per heavy atom. The van der Waals surface area contributed by atoms with Gasteiger partial charge in [0.2, 0.25) is 0 Å². The van der Waals surface area contributed by atoms with Gasteiger partial charge in [0, 0.05) is 11.6 Å². The molecule has 2 aliphatic rings. The third kappa shape index (κ3) is 6.18. The van der Waals surface area contributed by atoms with E-state index in [0.29, 0.717) is 5.70 Å². The van der Waals surface area contributed by atoms with E-state index in [4.69, 9.17) is 11.5 Å². The predicted octanol–water partition coefficient (Wildman–Crippen LogP) is 13.7. The minimum Gasteiger partial charge on any atom is -0.403 e. The molecule has 0 aliphatic heterocycles. The SMILES string of the molecule is CC1(C)c2ccccc2C2(c3ccccc3-c3c(-c4ccc(-c5ccc(Cc6ccccc6)cc5)c5ccccc45)cccc32)c2ccccc21.N/C=C(\N)c1ccccc1. The number of benzene rings is 9. The van der Waals surface area contributed by atoms with Gasteiger partial charge in [0.25, 0.3) is 0 Å². The predicted molar refractivity (Wildman–Crippen MR) is 256 cm³/mol. The van der Waals surface area contributed by atoms with Crippen molar-refractivity contribution in [2.75, 3.05) is 0 Å². The Bertz CT molecular complexity index is 3030. The van der Waals surface area contributed by atoms with Crippen LogP contribution in [-0.2, 0) is 17.3 Å². The molecule has 4 N–H and O–H groups in total. The summed E-state index contributed by atoms with van der Waals surface area (Å²) in [6.07, 6.45) is 2.34. The number of nitrogens with two attached hydrogens (primary N) is 2. The number of rotatable bonds is 5. The third-order valence-corrected chi connectivity index (χ3v) is 13.1. The van der Waals surface area contributed by atoms with E-state index < -0.39 is 5.41 Å². The van der Waals surface area contributed by atoms with Crippen LogP contribution in [-0.4, -0.2) is 0 Å². The van der Waals surface area contributed by atoms with E-state index in [-0.39, 0.29) is 5.41 Å². The molecule has 0 aromatic heterocycles. The zero-order valence-electron chi connectivity index (χ0n) is 34.6. The van der Waals surface area contributed by atoms with Gasteiger partial charge in [-0.15, -0.1) is 0 Å². The summed E-state index contributed by atoms with van der Waals surface area (Å²) in [6.45, 7) is 4.78. The van der Waals surface area contributed by atoms with Gasteiger partial charge in [0.15, 0.2) is 0 Å². The highest BCUT2D eigenvalue weighted by Gasteiger charge is 2.53. The molecule has 11 rings (SSSR count). The maximum absolute atomic E-state index is 5.53. The zero-order chi connectivity index (χ0) is 41.6. The lowest BCUT2D eigenvalue weighted by atomic mass is 9.55. The summed E-state index contributed by atoms with van der Waals surface area (Å²) in [5, 5.41) is 2.56. The summed E-state index contributed by atoms with van der Waals surface area (Å²) in [7, 11) is 0. The van der Waals surface area contributed by atoms with Crippen molar-refractivity contribution in [3.8, 4) is 33.4 Å². The van der Waals surface area contributed by atoms with Gasteiger partial charge in [-0.1, -0.05) is 226 Å². The minimum atomic E-state index is -0.401. The second-order valence-corrected chi connectivity index (χ2v) is 16.8. The molecular weight excluding hydrogens is 737 g/mol. The second kappa shape index (κ2) is 15.3. The van der Waals surface area contributed by atoms with Crippen LogP contribution < -0.4 is 11.5 Å². The molecule has 0 bridgehead atoms. The highest BCUT2D eigenvalue weighted by molar-refractivity contribution is 6.08. The molecule has 1 spiro atoms. The summed E-state index contributed by atoms with van der Waals surface area (Å²) in [4.78, 5) is 0. The number of hydrogen-bond donors (Lipinski definition) is 2. The Labute approximate surface area is 359 Å². The molecule has 0 amide bonds. The van der Waals surface area contributed by atoms with E-state index in [1.54, 1.807) is 0 Å². The van der Waals surface area contributed by atoms with Crippen LogP contribution >= 0.6 is 0 Å². The Kier molecular flexibility index (Phi) is 9.49. The van der Waals surface area contributed by atoms with Crippen molar-refractivity contribution < 1.29 is 0 Å². The van der Waals surface area contributed by atoms with Crippen LogP contribution in [0.4, 0.5) is 0 Å². The largest absolute Gasteiger partial charge is 0.403 e. The van der Waals surface area contributed by atoms with Crippen LogP contribution in [0.2, 0.25) is 0 Å². The summed E-state index contributed by atoms with van der Waals surface area (Å²) >= 11 is 0. The molecule has 0 fully saturated rings. The van der Waals surface area contributed by atoms with Gasteiger partial charge < -0.3 is 11.5 Å². The van der Waals surface area contributed by atoms with Crippen molar-refractivity contribution in [3.05, 3.63) is 269 Å². The standard InChI is InChI=1S/C51H38.C8H10N2/c1-50(2)44-22-10-12-24-46(44)51(47-25-13-11-23-45(47)50)43-21-9-8-19-42(43)49-41(20-14-26-48(49)51)40-32-31-37(38-17-6-7-18-39(38)40)36-29-27-35(28-30-36)33-34-15-4-3-5-16-34;9-6-8(10)7-4-2-1-3-5-7/h3-32H,33H2,1-2H3;1-6H,9-10H2/b;8-6-. The van der Waals surface area contributed by atoms with Crippen molar-refractivity contribution in [2.24, 2.45) is 11.5 Å². The summed E-state index contributed by atoms with van der Waals surface area (Å²) in [5.74, 6) is 0. The fourth-order valence-electron chi connectivity index (χ4n) is 10.3. The molecule has 2 nitrogen and oxygen atoms in total. The smallest absolute Gasteiger partial charge is 0.0719 e. The molecule has 0 heterocycles. The van der Waals surface area contributed by atoms with Crippen LogP contribution in [0.25, 0.3) is 49.9 Å². The first-order valence-electron chi connectivity index (χ1n) is 21.2. The fourth-order valence-corrected chi connectivity index (χ4v) is 10.3. The van der Waals surface area contributed by atoms with Gasteiger partial charge in [-0.3, -0.25) is 0 Å². The summed E-state index contributed by atoms with van der Waals surface area (Å²) < 4.78 is 0. The van der Waals surface area contributed by atoms with Crippen molar-refractivity contribution in [1.29, 1.82) is 0 Å². The summed E-state index contributed by atoms with van der Waals surface area (Å²) in [5.41, 5.74) is 30.6. The lowest BCUT2D eigenvalue weighted by Gasteiger charge is -2.46. The molecule has 294 valence electrons. The quantitative estimate of drug-likeness (QED) is 0.183. The molecule has 0 radical (unpaired) electrons. The van der Waals surface area contributed by atoms with E-state index >= 15 is 0 Å². The molecule has 0 saturated carbocycles. The van der Waals surface area contributed by atoms with Gasteiger partial charge >= 0.3 is 0 Å². The molecule has 61 heavy (non-hydrogen) atoms. The number of hydrogen-bond acceptors (Lipinski definition) is 2. The molecule has 9 aromatic rings. The monoisotopic (exact) mass is 784 g/mol. The topological polar surface area (TPSA) is 52.0 Å². The van der Waals surface area contributed by atoms with E-state index in [1.165, 1.54) is 94.9 Å². The molecule has 2 aliphatic carbocycles. The molecular formula is C59H48N2. The van der Waals surface area contributed by atoms with E-state index in [2.05, 4.69) is 196 Å². The number of fused-ring (bicyclic) bond motifs is 10. The average molecular weight is 785 g/mol. The lowest BCUT2D eigenvalue weighted by Crippen LogP contribution is -2.40. The molecule has 2 heteroatoms. The van der Waals surface area contributed by atoms with Crippen molar-refractivity contribution in [2.45, 2.75) is 31.1 Å². The van der Waals surface area contributed by atoms with Crippen LogP contribution in [0, 0.1) is 0 Å². The lowest BCUT2D eigenvalue weighted by molar-refractivity contribution is 0.563. The Balaban J connectivity index is 0.000000394. The zero-order valence-corrected chi connectivity index (χ0v) is 34.6. The normalized spacial score (nSPS) is 14.0.